The lowest BCUT2D eigenvalue weighted by Gasteiger charge is -2.26. The summed E-state index contributed by atoms with van der Waals surface area (Å²) in [6.07, 6.45) is 11.0. The van der Waals surface area contributed by atoms with E-state index in [4.69, 9.17) is 0 Å². The third kappa shape index (κ3) is 2.69. The van der Waals surface area contributed by atoms with Gasteiger partial charge < -0.3 is 14.5 Å². The van der Waals surface area contributed by atoms with Gasteiger partial charge in [-0.3, -0.25) is 4.79 Å². The molecule has 1 fully saturated rings. The van der Waals surface area contributed by atoms with Gasteiger partial charge >= 0.3 is 0 Å². The Hall–Kier alpha value is -2.96. The van der Waals surface area contributed by atoms with E-state index in [1.165, 1.54) is 0 Å². The van der Waals surface area contributed by atoms with Gasteiger partial charge in [0.15, 0.2) is 11.5 Å². The highest BCUT2D eigenvalue weighted by Gasteiger charge is 2.28. The first-order valence-electron chi connectivity index (χ1n) is 8.95. The molecule has 1 unspecified atom stereocenters. The molecule has 3 aromatic heterocycles. The van der Waals surface area contributed by atoms with E-state index in [1.54, 1.807) is 12.7 Å². The molecular weight excluding hydrogens is 328 g/mol. The van der Waals surface area contributed by atoms with Gasteiger partial charge in [-0.05, 0) is 38.0 Å². The van der Waals surface area contributed by atoms with Crippen LogP contribution in [-0.2, 0) is 6.54 Å². The Balaban J connectivity index is 1.71. The van der Waals surface area contributed by atoms with E-state index in [0.717, 1.165) is 41.2 Å². The second-order valence-corrected chi connectivity index (χ2v) is 6.51. The van der Waals surface area contributed by atoms with Crippen molar-refractivity contribution in [3.8, 4) is 0 Å². The number of nitrogens with zero attached hydrogens (tertiary/aromatic N) is 5. The second-order valence-electron chi connectivity index (χ2n) is 6.51. The number of imidazole rings is 1. The fourth-order valence-corrected chi connectivity index (χ4v) is 3.79. The number of fused-ring (bicyclic) bond motifs is 1. The molecule has 0 spiro atoms. The lowest BCUT2D eigenvalue weighted by molar-refractivity contribution is 0.534. The third-order valence-corrected chi connectivity index (χ3v) is 5.10. The van der Waals surface area contributed by atoms with E-state index in [-0.39, 0.29) is 11.6 Å². The number of pyridine rings is 1. The number of hydrogen-bond acceptors (Lipinski definition) is 5. The van der Waals surface area contributed by atoms with Crippen molar-refractivity contribution >= 4 is 29.1 Å². The van der Waals surface area contributed by atoms with Gasteiger partial charge in [-0.2, -0.15) is 0 Å². The minimum atomic E-state index is 0.0596. The molecule has 7 nitrogen and oxygen atoms in total. The van der Waals surface area contributed by atoms with Gasteiger partial charge in [0.05, 0.1) is 6.33 Å². The van der Waals surface area contributed by atoms with E-state index in [2.05, 4.69) is 24.8 Å². The molecule has 0 bridgehead atoms. The second kappa shape index (κ2) is 6.74. The molecule has 0 aliphatic carbocycles. The highest BCUT2D eigenvalue weighted by molar-refractivity contribution is 5.82. The van der Waals surface area contributed by atoms with E-state index < -0.39 is 0 Å². The number of aromatic nitrogens is 5. The Morgan fingerprint density at radius 1 is 1.27 bits per heavy atom. The highest BCUT2D eigenvalue weighted by Crippen LogP contribution is 2.28. The van der Waals surface area contributed by atoms with Gasteiger partial charge in [0, 0.05) is 30.5 Å². The molecule has 1 N–H and O–H groups in total. The van der Waals surface area contributed by atoms with Crippen LogP contribution in [0.15, 0.2) is 29.7 Å². The molecule has 7 heteroatoms. The van der Waals surface area contributed by atoms with Gasteiger partial charge in [0.2, 0.25) is 0 Å². The van der Waals surface area contributed by atoms with Crippen LogP contribution >= 0.6 is 0 Å². The maximum absolute atomic E-state index is 12.8. The Labute approximate surface area is 150 Å². The zero-order chi connectivity index (χ0) is 18.1. The SMILES string of the molecule is CC=c1ccn(CC2CCCN2c2ncnc3nc[nH]c23)c(=O)c1=CC. The molecule has 134 valence electrons. The van der Waals surface area contributed by atoms with Crippen LogP contribution in [0.25, 0.3) is 23.3 Å². The zero-order valence-electron chi connectivity index (χ0n) is 15.0. The molecule has 4 rings (SSSR count). The van der Waals surface area contributed by atoms with Crippen LogP contribution in [-0.4, -0.2) is 37.1 Å². The van der Waals surface area contributed by atoms with Crippen LogP contribution in [0.1, 0.15) is 26.7 Å². The van der Waals surface area contributed by atoms with Crippen molar-refractivity contribution in [2.75, 3.05) is 11.4 Å². The molecule has 1 atom stereocenters. The summed E-state index contributed by atoms with van der Waals surface area (Å²) in [5, 5.41) is 1.74. The number of nitrogens with one attached hydrogen (secondary N) is 1. The third-order valence-electron chi connectivity index (χ3n) is 5.10. The molecule has 1 aliphatic rings. The lowest BCUT2D eigenvalue weighted by atomic mass is 10.2. The van der Waals surface area contributed by atoms with Gasteiger partial charge in [0.25, 0.3) is 5.56 Å². The highest BCUT2D eigenvalue weighted by atomic mass is 16.1. The van der Waals surface area contributed by atoms with Gasteiger partial charge in [0.1, 0.15) is 11.8 Å². The summed E-state index contributed by atoms with van der Waals surface area (Å²) in [6, 6.07) is 2.23. The summed E-state index contributed by atoms with van der Waals surface area (Å²) >= 11 is 0. The van der Waals surface area contributed by atoms with Crippen LogP contribution in [0.2, 0.25) is 0 Å². The number of H-pyrrole nitrogens is 1. The maximum atomic E-state index is 12.8. The topological polar surface area (TPSA) is 79.7 Å². The van der Waals surface area contributed by atoms with Crippen molar-refractivity contribution in [1.29, 1.82) is 0 Å². The number of hydrogen-bond donors (Lipinski definition) is 1. The molecular formula is C19H22N6O. The fourth-order valence-electron chi connectivity index (χ4n) is 3.79. The van der Waals surface area contributed by atoms with E-state index >= 15 is 0 Å². The van der Waals surface area contributed by atoms with Gasteiger partial charge in [-0.1, -0.05) is 12.2 Å². The fraction of sp³-hybridized carbons (Fsp3) is 0.368. The smallest absolute Gasteiger partial charge is 0.258 e. The zero-order valence-corrected chi connectivity index (χ0v) is 15.0. The minimum absolute atomic E-state index is 0.0596. The number of rotatable bonds is 3. The largest absolute Gasteiger partial charge is 0.350 e. The average molecular weight is 350 g/mol. The van der Waals surface area contributed by atoms with Crippen LogP contribution in [0.4, 0.5) is 5.82 Å². The van der Waals surface area contributed by atoms with Gasteiger partial charge in [-0.25, -0.2) is 15.0 Å². The first-order chi connectivity index (χ1) is 12.7. The lowest BCUT2D eigenvalue weighted by Crippen LogP contribution is -2.46. The molecule has 1 saturated heterocycles. The summed E-state index contributed by atoms with van der Waals surface area (Å²) in [7, 11) is 0. The summed E-state index contributed by atoms with van der Waals surface area (Å²) < 4.78 is 1.82. The predicted octanol–water partition coefficient (Wildman–Crippen LogP) is 0.784. The Morgan fingerprint density at radius 2 is 2.15 bits per heavy atom. The van der Waals surface area contributed by atoms with E-state index in [1.807, 2.05) is 42.8 Å². The van der Waals surface area contributed by atoms with Gasteiger partial charge in [-0.15, -0.1) is 0 Å². The molecule has 0 radical (unpaired) electrons. The normalized spacial score (nSPS) is 19.0. The van der Waals surface area contributed by atoms with Crippen molar-refractivity contribution in [2.24, 2.45) is 0 Å². The molecule has 26 heavy (non-hydrogen) atoms. The molecule has 3 aromatic rings. The van der Waals surface area contributed by atoms with E-state index in [9.17, 15) is 4.79 Å². The average Bonchev–Trinajstić information content (AvgIpc) is 3.32. The minimum Gasteiger partial charge on any atom is -0.350 e. The molecule has 0 saturated carbocycles. The standard InChI is InChI=1S/C19H22N6O/c1-3-13-7-9-24(19(26)15(13)4-2)10-14-6-5-8-25(14)18-16-17(21-11-20-16)22-12-23-18/h3-4,7,9,11-12,14H,5-6,8,10H2,1-2H3,(H,20,21,22,23). The van der Waals surface area contributed by atoms with Crippen LogP contribution in [0.3, 0.4) is 0 Å². The summed E-state index contributed by atoms with van der Waals surface area (Å²) in [5.74, 6) is 0.865. The number of anilines is 1. The Morgan fingerprint density at radius 3 is 2.96 bits per heavy atom. The first kappa shape index (κ1) is 16.5. The quantitative estimate of drug-likeness (QED) is 0.755. The maximum Gasteiger partial charge on any atom is 0.258 e. The van der Waals surface area contributed by atoms with Crippen molar-refractivity contribution < 1.29 is 0 Å². The Bertz CT molecular complexity index is 1110. The van der Waals surface area contributed by atoms with Crippen LogP contribution < -0.4 is 20.9 Å². The molecule has 4 heterocycles. The van der Waals surface area contributed by atoms with Crippen molar-refractivity contribution in [3.63, 3.8) is 0 Å². The van der Waals surface area contributed by atoms with E-state index in [0.29, 0.717) is 12.2 Å². The van der Waals surface area contributed by atoms with Crippen molar-refractivity contribution in [3.05, 3.63) is 45.7 Å². The molecule has 1 aliphatic heterocycles. The summed E-state index contributed by atoms with van der Waals surface area (Å²) in [4.78, 5) is 31.1. The molecule has 0 amide bonds. The van der Waals surface area contributed by atoms with Crippen LogP contribution in [0, 0.1) is 0 Å². The number of aromatic amines is 1. The van der Waals surface area contributed by atoms with Crippen LogP contribution in [0.5, 0.6) is 0 Å². The first-order valence-corrected chi connectivity index (χ1v) is 8.95. The van der Waals surface area contributed by atoms with Crippen molar-refractivity contribution in [1.82, 2.24) is 24.5 Å². The van der Waals surface area contributed by atoms with Crippen molar-refractivity contribution in [2.45, 2.75) is 39.3 Å². The Kier molecular flexibility index (Phi) is 4.28. The summed E-state index contributed by atoms with van der Waals surface area (Å²) in [5.41, 5.74) is 1.58. The predicted molar refractivity (Wildman–Crippen MR) is 102 cm³/mol. The monoisotopic (exact) mass is 350 g/mol. The molecule has 0 aromatic carbocycles. The summed E-state index contributed by atoms with van der Waals surface area (Å²) in [6.45, 7) is 5.42.